The lowest BCUT2D eigenvalue weighted by Gasteiger charge is -1.84. The molecule has 0 spiro atoms. The number of hydrogen-bond acceptors (Lipinski definition) is 0. The first-order valence-electron chi connectivity index (χ1n) is 2.89. The summed E-state index contributed by atoms with van der Waals surface area (Å²) in [4.78, 5) is 0. The average molecular weight is 111 g/mol. The standard InChI is InChI=1S/C7H11O/c1-2-3-4-5-6-7-8/h4-7H2,1H3. The SMILES string of the molecule is CC#CCCCC[O]. The molecule has 0 aromatic heterocycles. The average Bonchev–Trinajstić information content (AvgIpc) is 1.81. The summed E-state index contributed by atoms with van der Waals surface area (Å²) in [6, 6.07) is 0. The van der Waals surface area contributed by atoms with E-state index < -0.39 is 0 Å². The predicted molar refractivity (Wildman–Crippen MR) is 32.9 cm³/mol. The third-order valence-corrected chi connectivity index (χ3v) is 0.873. The molecular weight excluding hydrogens is 100 g/mol. The van der Waals surface area contributed by atoms with Crippen LogP contribution >= 0.6 is 0 Å². The molecule has 0 atom stereocenters. The van der Waals surface area contributed by atoms with Crippen molar-refractivity contribution in [2.24, 2.45) is 0 Å². The molecule has 0 aliphatic rings. The minimum absolute atomic E-state index is 0.0470. The predicted octanol–water partition coefficient (Wildman–Crippen LogP) is 1.61. The Labute approximate surface area is 50.7 Å². The van der Waals surface area contributed by atoms with Gasteiger partial charge in [0.05, 0.1) is 6.61 Å². The molecule has 0 unspecified atom stereocenters. The van der Waals surface area contributed by atoms with Crippen molar-refractivity contribution in [3.63, 3.8) is 0 Å². The molecule has 0 aromatic rings. The summed E-state index contributed by atoms with van der Waals surface area (Å²) in [5, 5.41) is 9.84. The lowest BCUT2D eigenvalue weighted by atomic mass is 10.2. The molecule has 0 rings (SSSR count). The van der Waals surface area contributed by atoms with E-state index >= 15 is 0 Å². The first kappa shape index (κ1) is 7.52. The van der Waals surface area contributed by atoms with E-state index in [1.54, 1.807) is 0 Å². The Kier molecular flexibility index (Phi) is 6.13. The van der Waals surface area contributed by atoms with E-state index in [0.29, 0.717) is 0 Å². The van der Waals surface area contributed by atoms with E-state index in [4.69, 9.17) is 0 Å². The van der Waals surface area contributed by atoms with E-state index in [0.717, 1.165) is 19.3 Å². The zero-order valence-corrected chi connectivity index (χ0v) is 5.24. The van der Waals surface area contributed by atoms with Crippen LogP contribution in [-0.2, 0) is 5.11 Å². The lowest BCUT2D eigenvalue weighted by Crippen LogP contribution is -1.78. The van der Waals surface area contributed by atoms with Gasteiger partial charge in [-0.2, -0.15) is 0 Å². The van der Waals surface area contributed by atoms with Crippen molar-refractivity contribution < 1.29 is 5.11 Å². The van der Waals surface area contributed by atoms with Crippen molar-refractivity contribution >= 4 is 0 Å². The fourth-order valence-corrected chi connectivity index (χ4v) is 0.440. The number of unbranched alkanes of at least 4 members (excludes halogenated alkanes) is 2. The minimum atomic E-state index is 0.0470. The van der Waals surface area contributed by atoms with Crippen LogP contribution < -0.4 is 0 Å². The van der Waals surface area contributed by atoms with Crippen molar-refractivity contribution in [3.05, 3.63) is 0 Å². The first-order chi connectivity index (χ1) is 3.91. The molecule has 0 amide bonds. The topological polar surface area (TPSA) is 19.9 Å². The van der Waals surface area contributed by atoms with E-state index in [1.165, 1.54) is 0 Å². The van der Waals surface area contributed by atoms with E-state index in [1.807, 2.05) is 6.92 Å². The van der Waals surface area contributed by atoms with Gasteiger partial charge in [0.15, 0.2) is 0 Å². The van der Waals surface area contributed by atoms with Crippen molar-refractivity contribution in [1.29, 1.82) is 0 Å². The van der Waals surface area contributed by atoms with Gasteiger partial charge in [0.25, 0.3) is 0 Å². The monoisotopic (exact) mass is 111 g/mol. The molecule has 0 fully saturated rings. The molecule has 0 aliphatic carbocycles. The summed E-state index contributed by atoms with van der Waals surface area (Å²) in [6.45, 7) is 1.86. The maximum Gasteiger partial charge on any atom is 0.0822 e. The number of hydrogen-bond donors (Lipinski definition) is 0. The molecule has 0 aliphatic heterocycles. The van der Waals surface area contributed by atoms with Crippen molar-refractivity contribution in [3.8, 4) is 11.8 Å². The summed E-state index contributed by atoms with van der Waals surface area (Å²) >= 11 is 0. The molecule has 0 heterocycles. The molecule has 0 saturated carbocycles. The van der Waals surface area contributed by atoms with E-state index in [2.05, 4.69) is 11.8 Å². The highest BCUT2D eigenvalue weighted by Gasteiger charge is 1.80. The molecule has 1 heteroatoms. The fourth-order valence-electron chi connectivity index (χ4n) is 0.440. The Morgan fingerprint density at radius 1 is 1.38 bits per heavy atom. The molecule has 0 aromatic carbocycles. The Morgan fingerprint density at radius 2 is 2.12 bits per heavy atom. The second-order valence-electron chi connectivity index (χ2n) is 1.59. The summed E-state index contributed by atoms with van der Waals surface area (Å²) in [5.74, 6) is 5.67. The fraction of sp³-hybridized carbons (Fsp3) is 0.714. The zero-order chi connectivity index (χ0) is 6.24. The van der Waals surface area contributed by atoms with Gasteiger partial charge < -0.3 is 0 Å². The van der Waals surface area contributed by atoms with Crippen LogP contribution in [0.25, 0.3) is 0 Å². The summed E-state index contributed by atoms with van der Waals surface area (Å²) < 4.78 is 0. The Hall–Kier alpha value is -0.480. The highest BCUT2D eigenvalue weighted by Crippen LogP contribution is 1.90. The Balaban J connectivity index is 2.79. The van der Waals surface area contributed by atoms with Gasteiger partial charge >= 0.3 is 0 Å². The third kappa shape index (κ3) is 5.52. The molecule has 0 bridgehead atoms. The van der Waals surface area contributed by atoms with E-state index in [9.17, 15) is 5.11 Å². The lowest BCUT2D eigenvalue weighted by molar-refractivity contribution is 0.187. The summed E-state index contributed by atoms with van der Waals surface area (Å²) in [5.41, 5.74) is 0. The Morgan fingerprint density at radius 3 is 2.62 bits per heavy atom. The van der Waals surface area contributed by atoms with Crippen LogP contribution in [0.2, 0.25) is 0 Å². The van der Waals surface area contributed by atoms with Gasteiger partial charge in [0, 0.05) is 6.42 Å². The third-order valence-electron chi connectivity index (χ3n) is 0.873. The van der Waals surface area contributed by atoms with Crippen LogP contribution in [0.3, 0.4) is 0 Å². The van der Waals surface area contributed by atoms with Crippen LogP contribution in [0, 0.1) is 11.8 Å². The first-order valence-corrected chi connectivity index (χ1v) is 2.89. The highest BCUT2D eigenvalue weighted by atomic mass is 16.2. The van der Waals surface area contributed by atoms with Crippen LogP contribution in [0.5, 0.6) is 0 Å². The molecule has 45 valence electrons. The van der Waals surface area contributed by atoms with Gasteiger partial charge in [-0.05, 0) is 19.8 Å². The molecule has 0 saturated heterocycles. The smallest absolute Gasteiger partial charge is 0.0822 e. The largest absolute Gasteiger partial charge is 0.237 e. The maximum atomic E-state index is 9.84. The van der Waals surface area contributed by atoms with Gasteiger partial charge in [-0.25, -0.2) is 5.11 Å². The highest BCUT2D eigenvalue weighted by molar-refractivity contribution is 4.94. The summed E-state index contributed by atoms with van der Waals surface area (Å²) in [7, 11) is 0. The van der Waals surface area contributed by atoms with Gasteiger partial charge in [-0.1, -0.05) is 0 Å². The molecular formula is C7H11O. The van der Waals surface area contributed by atoms with Crippen LogP contribution in [-0.4, -0.2) is 6.61 Å². The number of rotatable bonds is 3. The van der Waals surface area contributed by atoms with Gasteiger partial charge in [-0.3, -0.25) is 0 Å². The zero-order valence-electron chi connectivity index (χ0n) is 5.24. The molecule has 8 heavy (non-hydrogen) atoms. The molecule has 1 radical (unpaired) electrons. The van der Waals surface area contributed by atoms with Crippen LogP contribution in [0.15, 0.2) is 0 Å². The normalized spacial score (nSPS) is 7.75. The Bertz CT molecular complexity index is 86.3. The van der Waals surface area contributed by atoms with Crippen molar-refractivity contribution in [1.82, 2.24) is 0 Å². The second kappa shape index (κ2) is 6.52. The maximum absolute atomic E-state index is 9.84. The molecule has 1 nitrogen and oxygen atoms in total. The van der Waals surface area contributed by atoms with Crippen molar-refractivity contribution in [2.45, 2.75) is 26.2 Å². The minimum Gasteiger partial charge on any atom is -0.237 e. The van der Waals surface area contributed by atoms with E-state index in [-0.39, 0.29) is 6.61 Å². The quantitative estimate of drug-likeness (QED) is 0.389. The van der Waals surface area contributed by atoms with Gasteiger partial charge in [0.1, 0.15) is 0 Å². The summed E-state index contributed by atoms with van der Waals surface area (Å²) in [6.07, 6.45) is 2.62. The van der Waals surface area contributed by atoms with Crippen molar-refractivity contribution in [2.75, 3.05) is 6.61 Å². The molecule has 0 N–H and O–H groups in total. The van der Waals surface area contributed by atoms with Gasteiger partial charge in [-0.15, -0.1) is 11.8 Å². The van der Waals surface area contributed by atoms with Crippen LogP contribution in [0.1, 0.15) is 26.2 Å². The second-order valence-corrected chi connectivity index (χ2v) is 1.59. The van der Waals surface area contributed by atoms with Crippen LogP contribution in [0.4, 0.5) is 0 Å². The van der Waals surface area contributed by atoms with Gasteiger partial charge in [0.2, 0.25) is 0 Å².